The Morgan fingerprint density at radius 2 is 1.57 bits per heavy atom. The number of hydrogen-bond acceptors (Lipinski definition) is 3. The number of aryl methyl sites for hydroxylation is 3. The molecule has 0 unspecified atom stereocenters. The average Bonchev–Trinajstić information content (AvgIpc) is 2.33. The van der Waals surface area contributed by atoms with Crippen LogP contribution in [0.15, 0.2) is 17.0 Å². The summed E-state index contributed by atoms with van der Waals surface area (Å²) in [5.74, 6) is -1.15. The van der Waals surface area contributed by atoms with Crippen LogP contribution in [0, 0.1) is 20.8 Å². The number of carbonyl (C=O) groups is 1. The predicted molar refractivity (Wildman–Crippen MR) is 81.9 cm³/mol. The number of sulfonamides is 1. The molecule has 2 N–H and O–H groups in total. The summed E-state index contributed by atoms with van der Waals surface area (Å²) in [4.78, 5) is 11.7. The summed E-state index contributed by atoms with van der Waals surface area (Å²) in [6.07, 6.45) is 0.365. The molecular weight excluding hydrogens is 290 g/mol. The molecule has 0 aromatic heterocycles. The fraction of sp³-hybridized carbons (Fsp3) is 0.533. The summed E-state index contributed by atoms with van der Waals surface area (Å²) in [7, 11) is -3.90. The molecule has 0 heterocycles. The number of aliphatic carboxylic acids is 1. The van der Waals surface area contributed by atoms with Crippen LogP contribution in [0.3, 0.4) is 0 Å². The number of rotatable bonds is 6. The molecule has 0 aliphatic carbocycles. The number of benzene rings is 1. The van der Waals surface area contributed by atoms with Crippen LogP contribution in [0.5, 0.6) is 0 Å². The smallest absolute Gasteiger partial charge is 0.324 e. The lowest BCUT2D eigenvalue weighted by molar-refractivity contribution is -0.144. The molecule has 1 rings (SSSR count). The van der Waals surface area contributed by atoms with Crippen molar-refractivity contribution in [2.45, 2.75) is 57.9 Å². The van der Waals surface area contributed by atoms with E-state index < -0.39 is 21.5 Å². The van der Waals surface area contributed by atoms with Crippen LogP contribution in [-0.2, 0) is 14.8 Å². The van der Waals surface area contributed by atoms with Gasteiger partial charge in [-0.05, 0) is 44.7 Å². The largest absolute Gasteiger partial charge is 0.480 e. The highest BCUT2D eigenvalue weighted by molar-refractivity contribution is 7.89. The maximum atomic E-state index is 12.6. The first-order chi connectivity index (χ1) is 9.59. The van der Waals surface area contributed by atoms with Gasteiger partial charge in [-0.3, -0.25) is 4.79 Å². The normalized spacial score (nSPS) is 12.4. The molecule has 0 bridgehead atoms. The van der Waals surface area contributed by atoms with Gasteiger partial charge in [-0.1, -0.05) is 31.5 Å². The highest BCUT2D eigenvalue weighted by Crippen LogP contribution is 2.25. The van der Waals surface area contributed by atoms with Crippen molar-refractivity contribution in [3.63, 3.8) is 0 Å². The van der Waals surface area contributed by atoms with Crippen molar-refractivity contribution in [1.29, 1.82) is 0 Å². The minimum atomic E-state index is -3.90. The van der Waals surface area contributed by atoms with Crippen molar-refractivity contribution in [2.75, 3.05) is 0 Å². The van der Waals surface area contributed by atoms with E-state index in [-0.39, 0.29) is 17.7 Å². The zero-order valence-electron chi connectivity index (χ0n) is 13.1. The van der Waals surface area contributed by atoms with Crippen LogP contribution < -0.4 is 4.72 Å². The van der Waals surface area contributed by atoms with Crippen molar-refractivity contribution >= 4 is 16.0 Å². The second-order valence-corrected chi connectivity index (χ2v) is 7.05. The molecule has 0 radical (unpaired) electrons. The van der Waals surface area contributed by atoms with Gasteiger partial charge in [-0.15, -0.1) is 0 Å². The Kier molecular flexibility index (Phi) is 5.17. The molecule has 118 valence electrons. The van der Waals surface area contributed by atoms with Crippen LogP contribution in [0.1, 0.15) is 43.4 Å². The summed E-state index contributed by atoms with van der Waals surface area (Å²) >= 11 is 0. The molecule has 6 heteroatoms. The summed E-state index contributed by atoms with van der Waals surface area (Å²) in [5.41, 5.74) is 0.736. The lowest BCUT2D eigenvalue weighted by atomic mass is 9.95. The maximum Gasteiger partial charge on any atom is 0.324 e. The van der Waals surface area contributed by atoms with Gasteiger partial charge in [0.2, 0.25) is 10.0 Å². The number of hydrogen-bond donors (Lipinski definition) is 2. The number of carboxylic acids is 1. The molecule has 0 atom stereocenters. The number of carboxylic acid groups (broad SMARTS) is 1. The zero-order chi connectivity index (χ0) is 16.4. The molecule has 5 nitrogen and oxygen atoms in total. The first-order valence-electron chi connectivity index (χ1n) is 6.95. The third-order valence-corrected chi connectivity index (χ3v) is 5.66. The van der Waals surface area contributed by atoms with Gasteiger partial charge in [0.1, 0.15) is 5.54 Å². The van der Waals surface area contributed by atoms with E-state index in [2.05, 4.69) is 4.72 Å². The second-order valence-electron chi connectivity index (χ2n) is 5.43. The molecular formula is C15H23NO4S. The monoisotopic (exact) mass is 313 g/mol. The third kappa shape index (κ3) is 3.44. The van der Waals surface area contributed by atoms with E-state index in [4.69, 9.17) is 0 Å². The lowest BCUT2D eigenvalue weighted by Gasteiger charge is -2.28. The van der Waals surface area contributed by atoms with Crippen LogP contribution in [-0.4, -0.2) is 25.0 Å². The van der Waals surface area contributed by atoms with E-state index >= 15 is 0 Å². The van der Waals surface area contributed by atoms with E-state index in [1.165, 1.54) is 0 Å². The van der Waals surface area contributed by atoms with Crippen molar-refractivity contribution < 1.29 is 18.3 Å². The van der Waals surface area contributed by atoms with Crippen LogP contribution >= 0.6 is 0 Å². The Morgan fingerprint density at radius 1 is 1.14 bits per heavy atom. The van der Waals surface area contributed by atoms with E-state index in [0.29, 0.717) is 11.1 Å². The fourth-order valence-corrected chi connectivity index (χ4v) is 4.60. The van der Waals surface area contributed by atoms with Gasteiger partial charge in [0.05, 0.1) is 4.90 Å². The second kappa shape index (κ2) is 6.15. The lowest BCUT2D eigenvalue weighted by Crippen LogP contribution is -2.53. The van der Waals surface area contributed by atoms with E-state index in [0.717, 1.165) is 5.56 Å². The molecule has 1 aromatic carbocycles. The molecule has 0 spiro atoms. The van der Waals surface area contributed by atoms with Crippen molar-refractivity contribution in [3.05, 3.63) is 28.8 Å². The quantitative estimate of drug-likeness (QED) is 0.845. The topological polar surface area (TPSA) is 83.5 Å². The average molecular weight is 313 g/mol. The zero-order valence-corrected chi connectivity index (χ0v) is 14.0. The summed E-state index contributed by atoms with van der Waals surface area (Å²) in [6.45, 7) is 8.65. The Morgan fingerprint density at radius 3 is 1.90 bits per heavy atom. The summed E-state index contributed by atoms with van der Waals surface area (Å²) in [6, 6.07) is 3.56. The Balaban J connectivity index is 3.40. The predicted octanol–water partition coefficient (Wildman–Crippen LogP) is 2.53. The minimum Gasteiger partial charge on any atom is -0.480 e. The van der Waals surface area contributed by atoms with E-state index in [9.17, 15) is 18.3 Å². The molecule has 0 aliphatic rings. The Hall–Kier alpha value is -1.40. The van der Waals surface area contributed by atoms with Gasteiger partial charge in [-0.2, -0.15) is 4.72 Å². The van der Waals surface area contributed by atoms with Crippen molar-refractivity contribution in [2.24, 2.45) is 0 Å². The molecule has 1 aromatic rings. The Bertz CT molecular complexity index is 623. The van der Waals surface area contributed by atoms with Crippen LogP contribution in [0.4, 0.5) is 0 Å². The highest BCUT2D eigenvalue weighted by atomic mass is 32.2. The van der Waals surface area contributed by atoms with Crippen LogP contribution in [0.2, 0.25) is 0 Å². The van der Waals surface area contributed by atoms with Gasteiger partial charge in [-0.25, -0.2) is 8.42 Å². The van der Waals surface area contributed by atoms with E-state index in [1.807, 2.05) is 6.92 Å². The van der Waals surface area contributed by atoms with E-state index in [1.54, 1.807) is 39.8 Å². The van der Waals surface area contributed by atoms with Gasteiger partial charge in [0.15, 0.2) is 0 Å². The molecule has 0 saturated carbocycles. The first kappa shape index (κ1) is 17.7. The molecule has 0 saturated heterocycles. The van der Waals surface area contributed by atoms with Gasteiger partial charge < -0.3 is 5.11 Å². The maximum absolute atomic E-state index is 12.6. The van der Waals surface area contributed by atoms with Gasteiger partial charge in [0, 0.05) is 0 Å². The molecule has 0 amide bonds. The van der Waals surface area contributed by atoms with Gasteiger partial charge >= 0.3 is 5.97 Å². The minimum absolute atomic E-state index is 0.167. The van der Waals surface area contributed by atoms with Crippen molar-refractivity contribution in [1.82, 2.24) is 4.72 Å². The fourth-order valence-electron chi connectivity index (χ4n) is 2.64. The standard InChI is InChI=1S/C15H23NO4S/c1-6-15(7-2,14(17)18)16-21(19,20)13-11(4)8-10(3)9-12(13)5/h8-9,16H,6-7H2,1-5H3,(H,17,18). The summed E-state index contributed by atoms with van der Waals surface area (Å²) < 4.78 is 27.7. The third-order valence-electron chi connectivity index (χ3n) is 3.82. The summed E-state index contributed by atoms with van der Waals surface area (Å²) in [5, 5.41) is 9.39. The van der Waals surface area contributed by atoms with Gasteiger partial charge in [0.25, 0.3) is 0 Å². The first-order valence-corrected chi connectivity index (χ1v) is 8.43. The highest BCUT2D eigenvalue weighted by Gasteiger charge is 2.40. The molecule has 0 aliphatic heterocycles. The van der Waals surface area contributed by atoms with Crippen molar-refractivity contribution in [3.8, 4) is 0 Å². The molecule has 21 heavy (non-hydrogen) atoms. The number of nitrogens with one attached hydrogen (secondary N) is 1. The SMILES string of the molecule is CCC(CC)(NS(=O)(=O)c1c(C)cc(C)cc1C)C(=O)O. The van der Waals surface area contributed by atoms with Crippen LogP contribution in [0.25, 0.3) is 0 Å². The Labute approximate surface area is 126 Å². The molecule has 0 fully saturated rings.